The standard InChI is InChI=1S/C17H24N2O2/c1-3-4-11-21-12-5-9-18-17-16-13-15(20-2)7-6-14(16)8-10-19-17/h6-8,10,13H,3-5,9,11-12H2,1-2H3,(H,18,19). The summed E-state index contributed by atoms with van der Waals surface area (Å²) >= 11 is 0. The van der Waals surface area contributed by atoms with Crippen molar-refractivity contribution in [2.75, 3.05) is 32.2 Å². The first kappa shape index (κ1) is 15.6. The fourth-order valence-corrected chi connectivity index (χ4v) is 2.14. The zero-order valence-corrected chi connectivity index (χ0v) is 12.9. The van der Waals surface area contributed by atoms with Crippen molar-refractivity contribution in [3.05, 3.63) is 30.5 Å². The number of pyridine rings is 1. The number of aromatic nitrogens is 1. The lowest BCUT2D eigenvalue weighted by Gasteiger charge is -2.10. The van der Waals surface area contributed by atoms with Crippen molar-refractivity contribution in [2.24, 2.45) is 0 Å². The van der Waals surface area contributed by atoms with Crippen molar-refractivity contribution in [2.45, 2.75) is 26.2 Å². The molecule has 0 aliphatic rings. The Labute approximate surface area is 126 Å². The van der Waals surface area contributed by atoms with Crippen molar-refractivity contribution >= 4 is 16.6 Å². The molecule has 4 heteroatoms. The van der Waals surface area contributed by atoms with Crippen LogP contribution in [0.5, 0.6) is 5.75 Å². The molecule has 2 aromatic rings. The number of ether oxygens (including phenoxy) is 2. The largest absolute Gasteiger partial charge is 0.497 e. The summed E-state index contributed by atoms with van der Waals surface area (Å²) in [7, 11) is 1.68. The Hall–Kier alpha value is -1.81. The smallest absolute Gasteiger partial charge is 0.133 e. The van der Waals surface area contributed by atoms with E-state index in [1.807, 2.05) is 24.4 Å². The second-order valence-corrected chi connectivity index (χ2v) is 4.99. The van der Waals surface area contributed by atoms with E-state index in [1.165, 1.54) is 6.42 Å². The highest BCUT2D eigenvalue weighted by Gasteiger charge is 2.03. The topological polar surface area (TPSA) is 43.4 Å². The Balaban J connectivity index is 1.89. The quantitative estimate of drug-likeness (QED) is 0.711. The number of anilines is 1. The van der Waals surface area contributed by atoms with Gasteiger partial charge in [0, 0.05) is 31.3 Å². The SMILES string of the molecule is CCCCOCCCNc1nccc2ccc(OC)cc12. The highest BCUT2D eigenvalue weighted by atomic mass is 16.5. The molecular weight excluding hydrogens is 264 g/mol. The van der Waals surface area contributed by atoms with E-state index in [-0.39, 0.29) is 0 Å². The molecule has 0 saturated carbocycles. The molecule has 1 heterocycles. The van der Waals surface area contributed by atoms with E-state index in [4.69, 9.17) is 9.47 Å². The fourth-order valence-electron chi connectivity index (χ4n) is 2.14. The summed E-state index contributed by atoms with van der Waals surface area (Å²) in [6.07, 6.45) is 5.12. The molecule has 0 saturated heterocycles. The Morgan fingerprint density at radius 2 is 2.00 bits per heavy atom. The summed E-state index contributed by atoms with van der Waals surface area (Å²) in [6, 6.07) is 8.04. The molecule has 0 amide bonds. The molecule has 0 spiro atoms. The third-order valence-corrected chi connectivity index (χ3v) is 3.37. The number of nitrogens with zero attached hydrogens (tertiary/aromatic N) is 1. The number of methoxy groups -OCH3 is 1. The van der Waals surface area contributed by atoms with Gasteiger partial charge in [0.05, 0.1) is 7.11 Å². The van der Waals surface area contributed by atoms with Crippen LogP contribution < -0.4 is 10.1 Å². The van der Waals surface area contributed by atoms with Crippen LogP contribution in [-0.2, 0) is 4.74 Å². The number of benzene rings is 1. The highest BCUT2D eigenvalue weighted by Crippen LogP contribution is 2.25. The van der Waals surface area contributed by atoms with Gasteiger partial charge in [-0.2, -0.15) is 0 Å². The zero-order chi connectivity index (χ0) is 14.9. The minimum absolute atomic E-state index is 0.793. The van der Waals surface area contributed by atoms with Crippen LogP contribution in [0.15, 0.2) is 30.5 Å². The van der Waals surface area contributed by atoms with Gasteiger partial charge in [-0.15, -0.1) is 0 Å². The predicted molar refractivity (Wildman–Crippen MR) is 87.1 cm³/mol. The van der Waals surface area contributed by atoms with E-state index in [2.05, 4.69) is 23.3 Å². The molecule has 0 atom stereocenters. The highest BCUT2D eigenvalue weighted by molar-refractivity contribution is 5.92. The summed E-state index contributed by atoms with van der Waals surface area (Å²) < 4.78 is 10.8. The van der Waals surface area contributed by atoms with Gasteiger partial charge in [-0.05, 0) is 36.4 Å². The lowest BCUT2D eigenvalue weighted by Crippen LogP contribution is -2.07. The lowest BCUT2D eigenvalue weighted by atomic mass is 10.1. The number of rotatable bonds is 9. The van der Waals surface area contributed by atoms with E-state index in [0.29, 0.717) is 0 Å². The molecule has 0 aliphatic carbocycles. The third-order valence-electron chi connectivity index (χ3n) is 3.37. The number of hydrogen-bond acceptors (Lipinski definition) is 4. The number of fused-ring (bicyclic) bond motifs is 1. The molecule has 1 N–H and O–H groups in total. The molecule has 4 nitrogen and oxygen atoms in total. The van der Waals surface area contributed by atoms with Gasteiger partial charge in [-0.25, -0.2) is 4.98 Å². The molecule has 2 rings (SSSR count). The van der Waals surface area contributed by atoms with Crippen LogP contribution in [0.2, 0.25) is 0 Å². The van der Waals surface area contributed by atoms with E-state index in [9.17, 15) is 0 Å². The first-order valence-corrected chi connectivity index (χ1v) is 7.59. The molecule has 0 radical (unpaired) electrons. The maximum atomic E-state index is 5.56. The second-order valence-electron chi connectivity index (χ2n) is 4.99. The van der Waals surface area contributed by atoms with Crippen molar-refractivity contribution < 1.29 is 9.47 Å². The molecular formula is C17H24N2O2. The lowest BCUT2D eigenvalue weighted by molar-refractivity contribution is 0.131. The summed E-state index contributed by atoms with van der Waals surface area (Å²) in [4.78, 5) is 4.42. The molecule has 1 aromatic carbocycles. The van der Waals surface area contributed by atoms with Gasteiger partial charge in [0.2, 0.25) is 0 Å². The van der Waals surface area contributed by atoms with E-state index in [1.54, 1.807) is 7.11 Å². The molecule has 0 fully saturated rings. The van der Waals surface area contributed by atoms with Gasteiger partial charge in [0.1, 0.15) is 11.6 Å². The molecule has 21 heavy (non-hydrogen) atoms. The van der Waals surface area contributed by atoms with Gasteiger partial charge < -0.3 is 14.8 Å². The van der Waals surface area contributed by atoms with Crippen LogP contribution in [0.1, 0.15) is 26.2 Å². The van der Waals surface area contributed by atoms with E-state index >= 15 is 0 Å². The minimum Gasteiger partial charge on any atom is -0.497 e. The van der Waals surface area contributed by atoms with Gasteiger partial charge >= 0.3 is 0 Å². The van der Waals surface area contributed by atoms with Crippen LogP contribution in [0, 0.1) is 0 Å². The van der Waals surface area contributed by atoms with Gasteiger partial charge in [-0.3, -0.25) is 0 Å². The van der Waals surface area contributed by atoms with E-state index in [0.717, 1.165) is 54.9 Å². The number of unbranched alkanes of at least 4 members (excludes halogenated alkanes) is 1. The molecule has 114 valence electrons. The number of nitrogens with one attached hydrogen (secondary N) is 1. The van der Waals surface area contributed by atoms with Crippen molar-refractivity contribution in [1.29, 1.82) is 0 Å². The van der Waals surface area contributed by atoms with Crippen LogP contribution in [0.3, 0.4) is 0 Å². The first-order valence-electron chi connectivity index (χ1n) is 7.59. The van der Waals surface area contributed by atoms with Crippen LogP contribution in [0.25, 0.3) is 10.8 Å². The number of hydrogen-bond donors (Lipinski definition) is 1. The Bertz CT molecular complexity index is 557. The maximum absolute atomic E-state index is 5.56. The van der Waals surface area contributed by atoms with Crippen molar-refractivity contribution in [3.63, 3.8) is 0 Å². The molecule has 0 unspecified atom stereocenters. The fraction of sp³-hybridized carbons (Fsp3) is 0.471. The summed E-state index contributed by atoms with van der Waals surface area (Å²) in [5, 5.41) is 5.63. The molecule has 1 aromatic heterocycles. The maximum Gasteiger partial charge on any atom is 0.133 e. The molecule has 0 bridgehead atoms. The molecule has 0 aliphatic heterocycles. The second kappa shape index (κ2) is 8.47. The predicted octanol–water partition coefficient (Wildman–Crippen LogP) is 3.86. The summed E-state index contributed by atoms with van der Waals surface area (Å²) in [5.74, 6) is 1.75. The Morgan fingerprint density at radius 3 is 2.81 bits per heavy atom. The summed E-state index contributed by atoms with van der Waals surface area (Å²) in [6.45, 7) is 4.68. The van der Waals surface area contributed by atoms with Crippen molar-refractivity contribution in [3.8, 4) is 5.75 Å². The average Bonchev–Trinajstić information content (AvgIpc) is 2.53. The first-order chi connectivity index (χ1) is 10.3. The monoisotopic (exact) mass is 288 g/mol. The van der Waals surface area contributed by atoms with Crippen LogP contribution in [-0.4, -0.2) is 31.9 Å². The van der Waals surface area contributed by atoms with E-state index < -0.39 is 0 Å². The summed E-state index contributed by atoms with van der Waals surface area (Å²) in [5.41, 5.74) is 0. The van der Waals surface area contributed by atoms with Gasteiger partial charge in [-0.1, -0.05) is 19.4 Å². The Kier molecular flexibility index (Phi) is 6.28. The van der Waals surface area contributed by atoms with Gasteiger partial charge in [0.15, 0.2) is 0 Å². The third kappa shape index (κ3) is 4.60. The average molecular weight is 288 g/mol. The minimum atomic E-state index is 0.793. The Morgan fingerprint density at radius 1 is 1.14 bits per heavy atom. The van der Waals surface area contributed by atoms with Gasteiger partial charge in [0.25, 0.3) is 0 Å². The van der Waals surface area contributed by atoms with Crippen molar-refractivity contribution in [1.82, 2.24) is 4.98 Å². The zero-order valence-electron chi connectivity index (χ0n) is 12.9. The normalized spacial score (nSPS) is 10.8. The van der Waals surface area contributed by atoms with Crippen LogP contribution in [0.4, 0.5) is 5.82 Å². The van der Waals surface area contributed by atoms with Crippen LogP contribution >= 0.6 is 0 Å².